The van der Waals surface area contributed by atoms with Crippen LogP contribution in [0.15, 0.2) is 53.4 Å². The molecule has 0 aliphatic heterocycles. The number of sulfonamides is 1. The van der Waals surface area contributed by atoms with Crippen LogP contribution in [0, 0.1) is 0 Å². The van der Waals surface area contributed by atoms with Gasteiger partial charge in [-0.1, -0.05) is 23.7 Å². The molecule has 0 unspecified atom stereocenters. The maximum Gasteiger partial charge on any atom is 0.242 e. The van der Waals surface area contributed by atoms with Crippen LogP contribution >= 0.6 is 23.8 Å². The molecule has 0 heterocycles. The molecule has 0 saturated heterocycles. The Morgan fingerprint density at radius 2 is 1.67 bits per heavy atom. The number of nitrogens with zero attached hydrogens (tertiary/aromatic N) is 1. The Morgan fingerprint density at radius 1 is 1.08 bits per heavy atom. The second-order valence-electron chi connectivity index (χ2n) is 5.25. The Balaban J connectivity index is 1.93. The van der Waals surface area contributed by atoms with Crippen LogP contribution in [0.25, 0.3) is 0 Å². The highest BCUT2D eigenvalue weighted by molar-refractivity contribution is 7.89. The van der Waals surface area contributed by atoms with Gasteiger partial charge in [0.15, 0.2) is 5.11 Å². The minimum absolute atomic E-state index is 0.234. The van der Waals surface area contributed by atoms with E-state index in [1.807, 2.05) is 24.3 Å². The van der Waals surface area contributed by atoms with Crippen molar-refractivity contribution in [3.8, 4) is 0 Å². The third-order valence-electron chi connectivity index (χ3n) is 3.26. The van der Waals surface area contributed by atoms with Crippen LogP contribution in [0.4, 0.5) is 5.69 Å². The van der Waals surface area contributed by atoms with E-state index in [9.17, 15) is 8.42 Å². The van der Waals surface area contributed by atoms with Crippen LogP contribution in [-0.4, -0.2) is 31.9 Å². The van der Waals surface area contributed by atoms with Crippen LogP contribution in [0.2, 0.25) is 5.02 Å². The van der Waals surface area contributed by atoms with E-state index in [1.165, 1.54) is 18.4 Å². The topological polar surface area (TPSA) is 61.4 Å². The minimum atomic E-state index is -3.43. The van der Waals surface area contributed by atoms with Gasteiger partial charge in [-0.25, -0.2) is 12.7 Å². The summed E-state index contributed by atoms with van der Waals surface area (Å²) in [6.07, 6.45) is 0. The number of rotatable bonds is 5. The van der Waals surface area contributed by atoms with Crippen molar-refractivity contribution < 1.29 is 8.42 Å². The second kappa shape index (κ2) is 7.94. The third-order valence-corrected chi connectivity index (χ3v) is 5.58. The lowest BCUT2D eigenvalue weighted by Crippen LogP contribution is -2.28. The smallest absolute Gasteiger partial charge is 0.242 e. The molecule has 0 saturated carbocycles. The van der Waals surface area contributed by atoms with Gasteiger partial charge in [0.1, 0.15) is 0 Å². The van der Waals surface area contributed by atoms with Gasteiger partial charge < -0.3 is 10.6 Å². The van der Waals surface area contributed by atoms with Gasteiger partial charge in [0, 0.05) is 31.4 Å². The molecule has 2 rings (SSSR count). The standard InChI is InChI=1S/C16H18ClN3O2S2/c1-20(2)24(21,22)15-9-7-14(8-10-15)19-16(23)18-11-12-3-5-13(17)6-4-12/h3-10H,11H2,1-2H3,(H2,18,19,23). The van der Waals surface area contributed by atoms with E-state index in [0.29, 0.717) is 22.4 Å². The lowest BCUT2D eigenvalue weighted by molar-refractivity contribution is 0.521. The molecule has 0 bridgehead atoms. The normalized spacial score (nSPS) is 11.3. The molecule has 0 radical (unpaired) electrons. The first-order chi connectivity index (χ1) is 11.3. The van der Waals surface area contributed by atoms with Gasteiger partial charge in [0.2, 0.25) is 10.0 Å². The molecule has 0 fully saturated rings. The highest BCUT2D eigenvalue weighted by Crippen LogP contribution is 2.16. The van der Waals surface area contributed by atoms with E-state index in [4.69, 9.17) is 23.8 Å². The van der Waals surface area contributed by atoms with E-state index >= 15 is 0 Å². The van der Waals surface area contributed by atoms with Gasteiger partial charge >= 0.3 is 0 Å². The Bertz CT molecular complexity index is 804. The highest BCUT2D eigenvalue weighted by atomic mass is 35.5. The lowest BCUT2D eigenvalue weighted by Gasteiger charge is -2.13. The van der Waals surface area contributed by atoms with E-state index in [2.05, 4.69) is 10.6 Å². The summed E-state index contributed by atoms with van der Waals surface area (Å²) in [6.45, 7) is 0.566. The Kier molecular flexibility index (Phi) is 6.17. The zero-order valence-electron chi connectivity index (χ0n) is 13.3. The molecule has 0 aromatic heterocycles. The molecule has 2 aromatic rings. The molecular formula is C16H18ClN3O2S2. The number of halogens is 1. The molecule has 24 heavy (non-hydrogen) atoms. The summed E-state index contributed by atoms with van der Waals surface area (Å²) in [5.74, 6) is 0. The van der Waals surface area contributed by atoms with Crippen LogP contribution < -0.4 is 10.6 Å². The van der Waals surface area contributed by atoms with E-state index in [-0.39, 0.29) is 4.90 Å². The molecular weight excluding hydrogens is 366 g/mol. The van der Waals surface area contributed by atoms with Crippen molar-refractivity contribution in [3.63, 3.8) is 0 Å². The number of benzene rings is 2. The van der Waals surface area contributed by atoms with Crippen molar-refractivity contribution in [2.24, 2.45) is 0 Å². The van der Waals surface area contributed by atoms with Crippen molar-refractivity contribution in [2.75, 3.05) is 19.4 Å². The van der Waals surface area contributed by atoms with Gasteiger partial charge in [-0.3, -0.25) is 0 Å². The molecule has 0 atom stereocenters. The quantitative estimate of drug-likeness (QED) is 0.777. The van der Waals surface area contributed by atoms with Crippen LogP contribution in [0.1, 0.15) is 5.56 Å². The number of thiocarbonyl (C=S) groups is 1. The first-order valence-corrected chi connectivity index (χ1v) is 9.33. The van der Waals surface area contributed by atoms with Gasteiger partial charge in [0.25, 0.3) is 0 Å². The van der Waals surface area contributed by atoms with Gasteiger partial charge in [-0.05, 0) is 54.2 Å². The van der Waals surface area contributed by atoms with Crippen molar-refractivity contribution in [2.45, 2.75) is 11.4 Å². The van der Waals surface area contributed by atoms with Gasteiger partial charge in [0.05, 0.1) is 4.90 Å². The second-order valence-corrected chi connectivity index (χ2v) is 8.24. The highest BCUT2D eigenvalue weighted by Gasteiger charge is 2.16. The lowest BCUT2D eigenvalue weighted by atomic mass is 10.2. The summed E-state index contributed by atoms with van der Waals surface area (Å²) in [5.41, 5.74) is 1.76. The Labute approximate surface area is 152 Å². The fourth-order valence-electron chi connectivity index (χ4n) is 1.88. The molecule has 0 spiro atoms. The van der Waals surface area contributed by atoms with Crippen LogP contribution in [-0.2, 0) is 16.6 Å². The van der Waals surface area contributed by atoms with E-state index in [0.717, 1.165) is 5.56 Å². The fourth-order valence-corrected chi connectivity index (χ4v) is 3.10. The molecule has 0 aliphatic carbocycles. The van der Waals surface area contributed by atoms with Gasteiger partial charge in [-0.15, -0.1) is 0 Å². The van der Waals surface area contributed by atoms with E-state index in [1.54, 1.807) is 24.3 Å². The zero-order valence-corrected chi connectivity index (χ0v) is 15.7. The van der Waals surface area contributed by atoms with Crippen molar-refractivity contribution >= 4 is 44.6 Å². The maximum absolute atomic E-state index is 12.0. The first-order valence-electron chi connectivity index (χ1n) is 7.11. The monoisotopic (exact) mass is 383 g/mol. The van der Waals surface area contributed by atoms with Crippen molar-refractivity contribution in [1.82, 2.24) is 9.62 Å². The number of anilines is 1. The summed E-state index contributed by atoms with van der Waals surface area (Å²) in [5, 5.41) is 7.24. The van der Waals surface area contributed by atoms with Crippen LogP contribution in [0.5, 0.6) is 0 Å². The first kappa shape index (κ1) is 18.7. The van der Waals surface area contributed by atoms with Gasteiger partial charge in [-0.2, -0.15) is 0 Å². The number of hydrogen-bond donors (Lipinski definition) is 2. The predicted molar refractivity (Wildman–Crippen MR) is 102 cm³/mol. The molecule has 8 heteroatoms. The van der Waals surface area contributed by atoms with Crippen molar-refractivity contribution in [3.05, 3.63) is 59.1 Å². The summed E-state index contributed by atoms with van der Waals surface area (Å²) < 4.78 is 25.2. The molecule has 0 aliphatic rings. The maximum atomic E-state index is 12.0. The SMILES string of the molecule is CN(C)S(=O)(=O)c1ccc(NC(=S)NCc2ccc(Cl)cc2)cc1. The van der Waals surface area contributed by atoms with Crippen LogP contribution in [0.3, 0.4) is 0 Å². The molecule has 2 aromatic carbocycles. The predicted octanol–water partition coefficient (Wildman–Crippen LogP) is 3.08. The summed E-state index contributed by atoms with van der Waals surface area (Å²) in [7, 11) is -0.431. The number of hydrogen-bond acceptors (Lipinski definition) is 3. The molecule has 128 valence electrons. The minimum Gasteiger partial charge on any atom is -0.358 e. The van der Waals surface area contributed by atoms with Crippen molar-refractivity contribution in [1.29, 1.82) is 0 Å². The molecule has 5 nitrogen and oxygen atoms in total. The largest absolute Gasteiger partial charge is 0.358 e. The third kappa shape index (κ3) is 4.91. The number of nitrogens with one attached hydrogen (secondary N) is 2. The average Bonchev–Trinajstić information content (AvgIpc) is 2.54. The average molecular weight is 384 g/mol. The summed E-state index contributed by atoms with van der Waals surface area (Å²) >= 11 is 11.1. The molecule has 0 amide bonds. The fraction of sp³-hybridized carbons (Fsp3) is 0.188. The summed E-state index contributed by atoms with van der Waals surface area (Å²) in [4.78, 5) is 0.234. The molecule has 2 N–H and O–H groups in total. The van der Waals surface area contributed by atoms with E-state index < -0.39 is 10.0 Å². The Hall–Kier alpha value is -1.67. The zero-order chi connectivity index (χ0) is 17.7. The Morgan fingerprint density at radius 3 is 2.21 bits per heavy atom. The summed E-state index contributed by atoms with van der Waals surface area (Å²) in [6, 6.07) is 13.9.